The molecule has 0 heterocycles. The quantitative estimate of drug-likeness (QED) is 0.161. The highest BCUT2D eigenvalue weighted by atomic mass is 35.8. The summed E-state index contributed by atoms with van der Waals surface area (Å²) in [6.45, 7) is 4.51. The highest BCUT2D eigenvalue weighted by molar-refractivity contribution is 7.65. The predicted octanol–water partition coefficient (Wildman–Crippen LogP) is 6.49. The van der Waals surface area contributed by atoms with E-state index in [4.69, 9.17) is 47.8 Å². The van der Waals surface area contributed by atoms with Crippen LogP contribution in [0.4, 0.5) is 0 Å². The zero-order chi connectivity index (χ0) is 20.3. The average Bonchev–Trinajstić information content (AvgIpc) is 2.59. The molecule has 0 amide bonds. The minimum absolute atomic E-state index is 0.460. The summed E-state index contributed by atoms with van der Waals surface area (Å²) in [6, 6.07) is 2.09. The molecule has 1 unspecified atom stereocenters. The summed E-state index contributed by atoms with van der Waals surface area (Å²) in [6.07, 6.45) is 8.73. The maximum Gasteiger partial charge on any atom is 0.381 e. The summed E-state index contributed by atoms with van der Waals surface area (Å²) in [5.74, 6) is -0.0176. The average molecular weight is 454 g/mol. The third-order valence-electron chi connectivity index (χ3n) is 3.89. The van der Waals surface area contributed by atoms with Crippen molar-refractivity contribution in [2.45, 2.75) is 58.1 Å². The highest BCUT2D eigenvalue weighted by Crippen LogP contribution is 2.36. The topological polar surface area (TPSA) is 55.8 Å². The van der Waals surface area contributed by atoms with Crippen LogP contribution >= 0.6 is 33.2 Å². The molecule has 4 nitrogen and oxygen atoms in total. The van der Waals surface area contributed by atoms with Crippen molar-refractivity contribution in [1.82, 2.24) is 0 Å². The van der Waals surface area contributed by atoms with E-state index in [9.17, 15) is 4.79 Å². The Hall–Kier alpha value is -0.883. The lowest BCUT2D eigenvalue weighted by Crippen LogP contribution is -2.36. The summed E-state index contributed by atoms with van der Waals surface area (Å²) in [4.78, 5) is 10.7. The zero-order valence-electron chi connectivity index (χ0n) is 15.7. The minimum Gasteiger partial charge on any atom is -0.490 e. The van der Waals surface area contributed by atoms with Gasteiger partial charge in [0, 0.05) is 6.08 Å². The fourth-order valence-corrected chi connectivity index (χ4v) is 4.71. The van der Waals surface area contributed by atoms with Crippen molar-refractivity contribution in [3.8, 4) is 11.5 Å². The van der Waals surface area contributed by atoms with E-state index in [1.807, 2.05) is 6.92 Å². The smallest absolute Gasteiger partial charge is 0.381 e. The second-order valence-corrected chi connectivity index (χ2v) is 15.0. The number of benzene rings is 1. The first-order valence-corrected chi connectivity index (χ1v) is 14.3. The van der Waals surface area contributed by atoms with E-state index in [-0.39, 0.29) is 0 Å². The van der Waals surface area contributed by atoms with Gasteiger partial charge in [-0.3, -0.25) is 0 Å². The van der Waals surface area contributed by atoms with Crippen LogP contribution < -0.4 is 9.47 Å². The number of carbonyl (C=O) groups is 1. The maximum atomic E-state index is 10.7. The molecule has 0 bridgehead atoms. The third-order valence-corrected chi connectivity index (χ3v) is 7.22. The molecule has 1 rings (SSSR count). The van der Waals surface area contributed by atoms with E-state index in [1.165, 1.54) is 18.9 Å². The van der Waals surface area contributed by atoms with Crippen molar-refractivity contribution in [1.29, 1.82) is 0 Å². The van der Waals surface area contributed by atoms with Gasteiger partial charge in [0.2, 0.25) is 0 Å². The van der Waals surface area contributed by atoms with Crippen LogP contribution in [0.2, 0.25) is 0 Å². The second-order valence-electron chi connectivity index (χ2n) is 6.16. The Kier molecular flexibility index (Phi) is 11.2. The Morgan fingerprint density at radius 1 is 1.15 bits per heavy atom. The summed E-state index contributed by atoms with van der Waals surface area (Å²) >= 11 is 18.8. The summed E-state index contributed by atoms with van der Waals surface area (Å²) in [5, 5.41) is 8.80. The van der Waals surface area contributed by atoms with E-state index in [0.29, 0.717) is 30.1 Å². The summed E-state index contributed by atoms with van der Waals surface area (Å²) in [7, 11) is 0. The van der Waals surface area contributed by atoms with E-state index in [2.05, 4.69) is 6.92 Å². The van der Waals surface area contributed by atoms with Crippen molar-refractivity contribution in [2.24, 2.45) is 0 Å². The molecule has 0 aliphatic carbocycles. The van der Waals surface area contributed by atoms with Crippen molar-refractivity contribution >= 4 is 51.3 Å². The standard InChI is InChI=1S/C19H27Cl3O4Si/c1-3-5-6-7-8-9-19(27(20,21)22)26-17-14-15(11-13-18(23)24)10-12-16(17)25-4-2/h10-14,19H,3-9H2,1-2H3,(H,23,24)/b13-11+. The van der Waals surface area contributed by atoms with Gasteiger partial charge in [-0.1, -0.05) is 38.7 Å². The van der Waals surface area contributed by atoms with Crippen molar-refractivity contribution in [3.05, 3.63) is 29.8 Å². The third kappa shape index (κ3) is 9.74. The first kappa shape index (κ1) is 24.2. The maximum absolute atomic E-state index is 10.7. The first-order valence-electron chi connectivity index (χ1n) is 9.19. The van der Waals surface area contributed by atoms with Gasteiger partial charge in [0.05, 0.1) is 6.61 Å². The number of unbranched alkanes of at least 4 members (excludes halogenated alkanes) is 4. The molecule has 1 N–H and O–H groups in total. The van der Waals surface area contributed by atoms with Gasteiger partial charge in [-0.15, -0.1) is 33.2 Å². The predicted molar refractivity (Wildman–Crippen MR) is 115 cm³/mol. The van der Waals surface area contributed by atoms with Crippen LogP contribution in [0.15, 0.2) is 24.3 Å². The molecule has 0 radical (unpaired) electrons. The molecule has 0 aromatic heterocycles. The number of aliphatic carboxylic acids is 1. The number of ether oxygens (including phenoxy) is 2. The minimum atomic E-state index is -3.11. The van der Waals surface area contributed by atoms with Gasteiger partial charge in [0.15, 0.2) is 11.5 Å². The number of rotatable bonds is 13. The van der Waals surface area contributed by atoms with E-state index in [1.54, 1.807) is 18.2 Å². The van der Waals surface area contributed by atoms with Gasteiger partial charge in [-0.25, -0.2) is 4.79 Å². The zero-order valence-corrected chi connectivity index (χ0v) is 19.0. The van der Waals surface area contributed by atoms with Crippen LogP contribution in [0, 0.1) is 0 Å². The van der Waals surface area contributed by atoms with Gasteiger partial charge >= 0.3 is 12.0 Å². The van der Waals surface area contributed by atoms with Crippen LogP contribution in [0.5, 0.6) is 11.5 Å². The van der Waals surface area contributed by atoms with Gasteiger partial charge in [-0.05, 0) is 43.5 Å². The van der Waals surface area contributed by atoms with E-state index in [0.717, 1.165) is 25.3 Å². The normalized spacial score (nSPS) is 12.9. The SMILES string of the molecule is CCCCCCCC(Oc1cc(/C=C/C(=O)O)ccc1OCC)[Si](Cl)(Cl)Cl. The summed E-state index contributed by atoms with van der Waals surface area (Å²) < 4.78 is 11.7. The monoisotopic (exact) mass is 452 g/mol. The molecule has 1 atom stereocenters. The van der Waals surface area contributed by atoms with E-state index < -0.39 is 17.7 Å². The fourth-order valence-electron chi connectivity index (χ4n) is 2.54. The van der Waals surface area contributed by atoms with Crippen molar-refractivity contribution in [2.75, 3.05) is 6.61 Å². The number of halogens is 3. The Labute approximate surface area is 176 Å². The molecule has 0 saturated carbocycles. The van der Waals surface area contributed by atoms with Crippen molar-refractivity contribution < 1.29 is 19.4 Å². The van der Waals surface area contributed by atoms with Gasteiger partial charge in [-0.2, -0.15) is 0 Å². The number of hydrogen-bond donors (Lipinski definition) is 1. The highest BCUT2D eigenvalue weighted by Gasteiger charge is 2.39. The largest absolute Gasteiger partial charge is 0.490 e. The Morgan fingerprint density at radius 2 is 1.85 bits per heavy atom. The van der Waals surface area contributed by atoms with Gasteiger partial charge < -0.3 is 14.6 Å². The van der Waals surface area contributed by atoms with Crippen LogP contribution in [-0.2, 0) is 4.79 Å². The van der Waals surface area contributed by atoms with E-state index >= 15 is 0 Å². The lowest BCUT2D eigenvalue weighted by Gasteiger charge is -2.25. The van der Waals surface area contributed by atoms with Gasteiger partial charge in [0.25, 0.3) is 0 Å². The molecule has 1 aromatic rings. The first-order chi connectivity index (χ1) is 12.8. The molecule has 0 saturated heterocycles. The number of carboxylic acid groups (broad SMARTS) is 1. The summed E-state index contributed by atoms with van der Waals surface area (Å²) in [5.41, 5.74) is 0.172. The molecule has 8 heteroatoms. The Morgan fingerprint density at radius 3 is 2.44 bits per heavy atom. The molecular formula is C19H27Cl3O4Si. The molecular weight excluding hydrogens is 427 g/mol. The molecule has 0 fully saturated rings. The van der Waals surface area contributed by atoms with Crippen molar-refractivity contribution in [3.63, 3.8) is 0 Å². The molecule has 0 spiro atoms. The second kappa shape index (κ2) is 12.6. The van der Waals surface area contributed by atoms with Gasteiger partial charge in [0.1, 0.15) is 5.73 Å². The Balaban J connectivity index is 2.95. The number of carboxylic acids is 1. The molecule has 1 aromatic carbocycles. The fraction of sp³-hybridized carbons (Fsp3) is 0.526. The Bertz CT molecular complexity index is 617. The lowest BCUT2D eigenvalue weighted by atomic mass is 10.1. The van der Waals surface area contributed by atoms with Crippen LogP contribution in [0.25, 0.3) is 6.08 Å². The van der Waals surface area contributed by atoms with Crippen LogP contribution in [0.1, 0.15) is 57.9 Å². The van der Waals surface area contributed by atoms with Crippen LogP contribution in [-0.4, -0.2) is 29.4 Å². The molecule has 27 heavy (non-hydrogen) atoms. The lowest BCUT2D eigenvalue weighted by molar-refractivity contribution is -0.131. The number of hydrogen-bond acceptors (Lipinski definition) is 3. The molecule has 0 aliphatic heterocycles. The van der Waals surface area contributed by atoms with Crippen LogP contribution in [0.3, 0.4) is 0 Å². The molecule has 0 aliphatic rings. The molecule has 152 valence electrons.